The van der Waals surface area contributed by atoms with Gasteiger partial charge in [0.15, 0.2) is 0 Å². The molecular formula is C27H22F5NO. The second kappa shape index (κ2) is 9.89. The number of alkyl halides is 3. The fraction of sp³-hybridized carbons (Fsp3) is 0.222. The number of hydrogen-bond acceptors (Lipinski definition) is 2. The number of halogens is 5. The molecule has 0 saturated carbocycles. The highest BCUT2D eigenvalue weighted by molar-refractivity contribution is 5.88. The molecule has 2 nitrogen and oxygen atoms in total. The average Bonchev–Trinajstić information content (AvgIpc) is 2.81. The normalized spacial score (nSPS) is 11.8. The number of methoxy groups -OCH3 is 1. The predicted octanol–water partition coefficient (Wildman–Crippen LogP) is 7.17. The van der Waals surface area contributed by atoms with Gasteiger partial charge in [-0.05, 0) is 65.6 Å². The minimum Gasteiger partial charge on any atom is -0.384 e. The van der Waals surface area contributed by atoms with Crippen molar-refractivity contribution in [1.82, 2.24) is 4.98 Å². The molecule has 4 aromatic rings. The Morgan fingerprint density at radius 2 is 1.62 bits per heavy atom. The molecule has 0 aliphatic rings. The van der Waals surface area contributed by atoms with E-state index < -0.39 is 17.6 Å². The van der Waals surface area contributed by atoms with Crippen molar-refractivity contribution in [2.75, 3.05) is 13.7 Å². The van der Waals surface area contributed by atoms with Gasteiger partial charge in [0.05, 0.1) is 17.9 Å². The lowest BCUT2D eigenvalue weighted by Crippen LogP contribution is -2.08. The van der Waals surface area contributed by atoms with Gasteiger partial charge in [-0.3, -0.25) is 4.98 Å². The van der Waals surface area contributed by atoms with E-state index in [0.717, 1.165) is 35.4 Å². The number of aryl methyl sites for hydroxylation is 2. The molecule has 7 heteroatoms. The molecule has 4 rings (SSSR count). The van der Waals surface area contributed by atoms with Gasteiger partial charge in [-0.2, -0.15) is 13.2 Å². The molecule has 0 spiro atoms. The summed E-state index contributed by atoms with van der Waals surface area (Å²) in [7, 11) is 1.65. The molecule has 0 radical (unpaired) electrons. The van der Waals surface area contributed by atoms with Gasteiger partial charge in [-0.1, -0.05) is 36.4 Å². The Morgan fingerprint density at radius 3 is 2.29 bits per heavy atom. The predicted molar refractivity (Wildman–Crippen MR) is 122 cm³/mol. The Bertz CT molecular complexity index is 1300. The number of benzene rings is 3. The number of pyridine rings is 1. The molecule has 0 bridgehead atoms. The zero-order valence-electron chi connectivity index (χ0n) is 18.4. The second-order valence-corrected chi connectivity index (χ2v) is 8.08. The summed E-state index contributed by atoms with van der Waals surface area (Å²) in [5, 5.41) is 1.15. The molecule has 34 heavy (non-hydrogen) atoms. The number of fused-ring (bicyclic) bond motifs is 1. The third-order valence-electron chi connectivity index (χ3n) is 5.77. The number of rotatable bonds is 7. The highest BCUT2D eigenvalue weighted by atomic mass is 19.4. The van der Waals surface area contributed by atoms with Crippen molar-refractivity contribution in [3.05, 3.63) is 101 Å². The molecule has 0 fully saturated rings. The van der Waals surface area contributed by atoms with Crippen molar-refractivity contribution >= 4 is 10.8 Å². The highest BCUT2D eigenvalue weighted by Crippen LogP contribution is 2.32. The van der Waals surface area contributed by atoms with Gasteiger partial charge in [0.25, 0.3) is 0 Å². The Labute approximate surface area is 194 Å². The van der Waals surface area contributed by atoms with Gasteiger partial charge in [-0.15, -0.1) is 0 Å². The van der Waals surface area contributed by atoms with Crippen molar-refractivity contribution in [2.24, 2.45) is 0 Å². The third-order valence-corrected chi connectivity index (χ3v) is 5.77. The molecule has 1 aromatic heterocycles. The monoisotopic (exact) mass is 471 g/mol. The fourth-order valence-electron chi connectivity index (χ4n) is 3.88. The van der Waals surface area contributed by atoms with Crippen molar-refractivity contribution in [2.45, 2.75) is 25.4 Å². The van der Waals surface area contributed by atoms with Crippen LogP contribution in [-0.2, 0) is 30.2 Å². The third kappa shape index (κ3) is 5.25. The lowest BCUT2D eigenvalue weighted by molar-refractivity contribution is -0.140. The molecule has 0 amide bonds. The van der Waals surface area contributed by atoms with Crippen LogP contribution in [0.3, 0.4) is 0 Å². The second-order valence-electron chi connectivity index (χ2n) is 8.08. The first kappa shape index (κ1) is 23.8. The van der Waals surface area contributed by atoms with Crippen LogP contribution >= 0.6 is 0 Å². The van der Waals surface area contributed by atoms with E-state index >= 15 is 4.39 Å². The van der Waals surface area contributed by atoms with Crippen LogP contribution in [0.5, 0.6) is 0 Å². The smallest absolute Gasteiger partial charge is 0.384 e. The lowest BCUT2D eigenvalue weighted by atomic mass is 9.98. The van der Waals surface area contributed by atoms with E-state index in [9.17, 15) is 17.6 Å². The van der Waals surface area contributed by atoms with E-state index in [1.807, 2.05) is 18.2 Å². The van der Waals surface area contributed by atoms with E-state index in [0.29, 0.717) is 28.5 Å². The SMILES string of the molecule is COCCc1ccc(-c2ccc3c(F)c(CCc4ccc(C(F)(F)F)c(F)c4)ccc3c2)nc1. The first-order chi connectivity index (χ1) is 16.3. The summed E-state index contributed by atoms with van der Waals surface area (Å²) in [5.74, 6) is -1.71. The van der Waals surface area contributed by atoms with Gasteiger partial charge < -0.3 is 4.74 Å². The average molecular weight is 471 g/mol. The van der Waals surface area contributed by atoms with Crippen LogP contribution in [0.2, 0.25) is 0 Å². The molecule has 0 aliphatic carbocycles. The van der Waals surface area contributed by atoms with Crippen molar-refractivity contribution in [1.29, 1.82) is 0 Å². The number of hydrogen-bond donors (Lipinski definition) is 0. The molecule has 0 unspecified atom stereocenters. The first-order valence-electron chi connectivity index (χ1n) is 10.8. The number of nitrogens with zero attached hydrogens (tertiary/aromatic N) is 1. The quantitative estimate of drug-likeness (QED) is 0.267. The topological polar surface area (TPSA) is 22.1 Å². The van der Waals surface area contributed by atoms with Crippen LogP contribution in [0, 0.1) is 11.6 Å². The zero-order valence-corrected chi connectivity index (χ0v) is 18.4. The van der Waals surface area contributed by atoms with Crippen molar-refractivity contribution in [3.63, 3.8) is 0 Å². The number of ether oxygens (including phenoxy) is 1. The largest absolute Gasteiger partial charge is 0.419 e. The van der Waals surface area contributed by atoms with E-state index in [-0.39, 0.29) is 18.7 Å². The summed E-state index contributed by atoms with van der Waals surface area (Å²) in [6.07, 6.45) is -1.72. The Kier molecular flexibility index (Phi) is 6.93. The number of aromatic nitrogens is 1. The minimum absolute atomic E-state index is 0.217. The van der Waals surface area contributed by atoms with Crippen molar-refractivity contribution in [3.8, 4) is 11.3 Å². The van der Waals surface area contributed by atoms with Crippen LogP contribution in [0.15, 0.2) is 66.9 Å². The van der Waals surface area contributed by atoms with Gasteiger partial charge in [0, 0.05) is 24.3 Å². The van der Waals surface area contributed by atoms with Gasteiger partial charge >= 0.3 is 6.18 Å². The highest BCUT2D eigenvalue weighted by Gasteiger charge is 2.33. The molecule has 0 saturated heterocycles. The van der Waals surface area contributed by atoms with E-state index in [4.69, 9.17) is 4.74 Å². The standard InChI is InChI=1S/C27H22F5NO/c1-34-13-12-18-4-11-25(33-16-18)21-8-9-22-20(15-21)7-6-19(26(22)29)5-2-17-3-10-23(24(28)14-17)27(30,31)32/h3-4,6-11,14-16H,2,5,12-13H2,1H3. The molecule has 3 aromatic carbocycles. The maximum absolute atomic E-state index is 15.1. The Balaban J connectivity index is 1.51. The minimum atomic E-state index is -4.74. The lowest BCUT2D eigenvalue weighted by Gasteiger charge is -2.11. The Morgan fingerprint density at radius 1 is 0.824 bits per heavy atom. The molecular weight excluding hydrogens is 449 g/mol. The summed E-state index contributed by atoms with van der Waals surface area (Å²) in [6, 6.07) is 15.5. The van der Waals surface area contributed by atoms with Crippen LogP contribution in [-0.4, -0.2) is 18.7 Å². The maximum atomic E-state index is 15.1. The molecule has 176 valence electrons. The molecule has 0 aliphatic heterocycles. The molecule has 1 heterocycles. The van der Waals surface area contributed by atoms with Crippen molar-refractivity contribution < 1.29 is 26.7 Å². The van der Waals surface area contributed by atoms with E-state index in [2.05, 4.69) is 4.98 Å². The first-order valence-corrected chi connectivity index (χ1v) is 10.8. The molecule has 0 N–H and O–H groups in total. The zero-order chi connectivity index (χ0) is 24.3. The Hall–Kier alpha value is -3.32. The summed E-state index contributed by atoms with van der Waals surface area (Å²) in [6.45, 7) is 0.617. The van der Waals surface area contributed by atoms with E-state index in [1.165, 1.54) is 6.07 Å². The summed E-state index contributed by atoms with van der Waals surface area (Å²) in [5.41, 5.74) is 2.19. The summed E-state index contributed by atoms with van der Waals surface area (Å²) < 4.78 is 72.2. The van der Waals surface area contributed by atoms with Gasteiger partial charge in [0.2, 0.25) is 0 Å². The molecule has 0 atom stereocenters. The van der Waals surface area contributed by atoms with E-state index in [1.54, 1.807) is 37.6 Å². The fourth-order valence-corrected chi connectivity index (χ4v) is 3.88. The maximum Gasteiger partial charge on any atom is 0.419 e. The van der Waals surface area contributed by atoms with Crippen LogP contribution in [0.4, 0.5) is 22.0 Å². The van der Waals surface area contributed by atoms with Gasteiger partial charge in [0.1, 0.15) is 11.6 Å². The van der Waals surface area contributed by atoms with Crippen LogP contribution in [0.25, 0.3) is 22.0 Å². The van der Waals surface area contributed by atoms with Crippen LogP contribution in [0.1, 0.15) is 22.3 Å². The van der Waals surface area contributed by atoms with Gasteiger partial charge in [-0.25, -0.2) is 8.78 Å². The van der Waals surface area contributed by atoms with Crippen LogP contribution < -0.4 is 0 Å². The summed E-state index contributed by atoms with van der Waals surface area (Å²) in [4.78, 5) is 4.49. The summed E-state index contributed by atoms with van der Waals surface area (Å²) >= 11 is 0.